The number of phenols is 1. The Morgan fingerprint density at radius 3 is 2.64 bits per heavy atom. The van der Waals surface area contributed by atoms with Gasteiger partial charge >= 0.3 is 0 Å². The van der Waals surface area contributed by atoms with E-state index in [1.807, 2.05) is 35.7 Å². The van der Waals surface area contributed by atoms with E-state index in [-0.39, 0.29) is 12.5 Å². The van der Waals surface area contributed by atoms with Gasteiger partial charge in [0.25, 0.3) is 0 Å². The van der Waals surface area contributed by atoms with Gasteiger partial charge < -0.3 is 22.3 Å². The Morgan fingerprint density at radius 1 is 1.18 bits per heavy atom. The van der Waals surface area contributed by atoms with Crippen LogP contribution in [-0.4, -0.2) is 22.0 Å². The number of nitrogens with zero attached hydrogens (tertiary/aromatic N) is 1. The zero-order chi connectivity index (χ0) is 20.1. The number of benzene rings is 2. The van der Waals surface area contributed by atoms with Crippen LogP contribution in [0.3, 0.4) is 0 Å². The molecule has 28 heavy (non-hydrogen) atoms. The first-order chi connectivity index (χ1) is 13.4. The molecule has 3 aromatic rings. The van der Waals surface area contributed by atoms with Gasteiger partial charge in [0.05, 0.1) is 12.1 Å². The molecule has 0 radical (unpaired) electrons. The molecule has 3 rings (SSSR count). The molecule has 0 aliphatic rings. The molecular formula is C21H24N4O2S. The number of aromatic hydroxyl groups is 1. The number of anilines is 1. The van der Waals surface area contributed by atoms with Gasteiger partial charge in [0.2, 0.25) is 5.91 Å². The molecule has 6 nitrogen and oxygen atoms in total. The lowest BCUT2D eigenvalue weighted by Gasteiger charge is -2.14. The summed E-state index contributed by atoms with van der Waals surface area (Å²) in [6, 6.07) is 13.1. The van der Waals surface area contributed by atoms with Crippen LogP contribution in [0.4, 0.5) is 5.13 Å². The molecule has 1 atom stereocenters. The summed E-state index contributed by atoms with van der Waals surface area (Å²) in [4.78, 5) is 15.7. The molecule has 0 fully saturated rings. The van der Waals surface area contributed by atoms with Crippen molar-refractivity contribution in [3.8, 4) is 17.0 Å². The van der Waals surface area contributed by atoms with E-state index in [4.69, 9.17) is 17.2 Å². The standard InChI is InChI=1S/C21H24N4O2S/c22-16(8-7-14-3-1-2-4-19(14)26)9-13-5-6-15(11-20(23)27)17(10-13)18-12-28-21(24)25-18/h1-6,10,12,16,26H,7-9,11,22H2,(H2,23,27)(H2,24,25)/t16-/m1/s1. The highest BCUT2D eigenvalue weighted by atomic mass is 32.1. The van der Waals surface area contributed by atoms with Crippen molar-refractivity contribution in [2.75, 3.05) is 5.73 Å². The van der Waals surface area contributed by atoms with Crippen molar-refractivity contribution in [3.05, 3.63) is 64.5 Å². The lowest BCUT2D eigenvalue weighted by atomic mass is 9.94. The predicted molar refractivity (Wildman–Crippen MR) is 113 cm³/mol. The number of carbonyl (C=O) groups is 1. The molecule has 146 valence electrons. The molecule has 0 bridgehead atoms. The van der Waals surface area contributed by atoms with Crippen molar-refractivity contribution >= 4 is 22.4 Å². The third-order valence-electron chi connectivity index (χ3n) is 4.61. The summed E-state index contributed by atoms with van der Waals surface area (Å²) in [6.07, 6.45) is 2.28. The van der Waals surface area contributed by atoms with Gasteiger partial charge in [-0.1, -0.05) is 30.3 Å². The third kappa shape index (κ3) is 5.09. The summed E-state index contributed by atoms with van der Waals surface area (Å²) in [6.45, 7) is 0. The fourth-order valence-electron chi connectivity index (χ4n) is 3.21. The molecule has 0 aliphatic heterocycles. The summed E-state index contributed by atoms with van der Waals surface area (Å²) in [5.41, 5.74) is 21.8. The number of primary amides is 1. The number of amides is 1. The van der Waals surface area contributed by atoms with E-state index in [1.54, 1.807) is 12.1 Å². The average molecular weight is 397 g/mol. The largest absolute Gasteiger partial charge is 0.508 e. The number of carbonyl (C=O) groups excluding carboxylic acids is 1. The van der Waals surface area contributed by atoms with Gasteiger partial charge in [-0.15, -0.1) is 11.3 Å². The van der Waals surface area contributed by atoms with Gasteiger partial charge in [0.15, 0.2) is 5.13 Å². The highest BCUT2D eigenvalue weighted by Gasteiger charge is 2.14. The van der Waals surface area contributed by atoms with Crippen LogP contribution >= 0.6 is 11.3 Å². The fraction of sp³-hybridized carbons (Fsp3) is 0.238. The number of nitrogens with two attached hydrogens (primary N) is 3. The summed E-state index contributed by atoms with van der Waals surface area (Å²) in [5.74, 6) is -0.0921. The molecule has 1 amide bonds. The van der Waals surface area contributed by atoms with Crippen LogP contribution in [0, 0.1) is 0 Å². The predicted octanol–water partition coefficient (Wildman–Crippen LogP) is 2.63. The van der Waals surface area contributed by atoms with Crippen LogP contribution in [0.1, 0.15) is 23.1 Å². The smallest absolute Gasteiger partial charge is 0.221 e. The average Bonchev–Trinajstić information content (AvgIpc) is 3.08. The monoisotopic (exact) mass is 396 g/mol. The Morgan fingerprint density at radius 2 is 1.96 bits per heavy atom. The van der Waals surface area contributed by atoms with Crippen molar-refractivity contribution in [2.45, 2.75) is 31.7 Å². The van der Waals surface area contributed by atoms with E-state index in [0.29, 0.717) is 23.7 Å². The summed E-state index contributed by atoms with van der Waals surface area (Å²) in [7, 11) is 0. The van der Waals surface area contributed by atoms with Gasteiger partial charge in [-0.25, -0.2) is 4.98 Å². The zero-order valence-electron chi connectivity index (χ0n) is 15.5. The van der Waals surface area contributed by atoms with Crippen LogP contribution < -0.4 is 17.2 Å². The summed E-state index contributed by atoms with van der Waals surface area (Å²) < 4.78 is 0. The van der Waals surface area contributed by atoms with E-state index in [9.17, 15) is 9.90 Å². The fourth-order valence-corrected chi connectivity index (χ4v) is 3.77. The van der Waals surface area contributed by atoms with Crippen molar-refractivity contribution in [3.63, 3.8) is 0 Å². The molecular weight excluding hydrogens is 372 g/mol. The van der Waals surface area contributed by atoms with Gasteiger partial charge in [-0.3, -0.25) is 4.79 Å². The number of aromatic nitrogens is 1. The zero-order valence-corrected chi connectivity index (χ0v) is 16.3. The van der Waals surface area contributed by atoms with Gasteiger partial charge in [-0.05, 0) is 48.1 Å². The number of phenolic OH excluding ortho intramolecular Hbond substituents is 1. The maximum atomic E-state index is 11.4. The van der Waals surface area contributed by atoms with Gasteiger partial charge in [0, 0.05) is 17.0 Å². The number of aryl methyl sites for hydroxylation is 1. The lowest BCUT2D eigenvalue weighted by Crippen LogP contribution is -2.23. The summed E-state index contributed by atoms with van der Waals surface area (Å²) >= 11 is 1.36. The van der Waals surface area contributed by atoms with Crippen LogP contribution in [0.15, 0.2) is 47.8 Å². The van der Waals surface area contributed by atoms with Crippen molar-refractivity contribution in [1.82, 2.24) is 4.98 Å². The maximum Gasteiger partial charge on any atom is 0.221 e. The number of rotatable bonds is 8. The quantitative estimate of drug-likeness (QED) is 0.465. The summed E-state index contributed by atoms with van der Waals surface area (Å²) in [5, 5.41) is 12.2. The number of thiazole rings is 1. The Labute approximate surface area is 168 Å². The van der Waals surface area contributed by atoms with Crippen LogP contribution in [0.2, 0.25) is 0 Å². The second kappa shape index (κ2) is 8.86. The third-order valence-corrected chi connectivity index (χ3v) is 5.28. The van der Waals surface area contributed by atoms with E-state index < -0.39 is 5.91 Å². The molecule has 0 spiro atoms. The molecule has 7 N–H and O–H groups in total. The first kappa shape index (κ1) is 19.9. The van der Waals surface area contributed by atoms with Crippen LogP contribution in [0.25, 0.3) is 11.3 Å². The first-order valence-electron chi connectivity index (χ1n) is 9.06. The van der Waals surface area contributed by atoms with Gasteiger partial charge in [0.1, 0.15) is 5.75 Å². The Balaban J connectivity index is 1.74. The van der Waals surface area contributed by atoms with E-state index in [1.165, 1.54) is 11.3 Å². The van der Waals surface area contributed by atoms with E-state index in [2.05, 4.69) is 4.98 Å². The molecule has 0 saturated carbocycles. The molecule has 1 heterocycles. The van der Waals surface area contributed by atoms with Crippen molar-refractivity contribution < 1.29 is 9.90 Å². The minimum atomic E-state index is -0.392. The maximum absolute atomic E-state index is 11.4. The molecule has 7 heteroatoms. The van der Waals surface area contributed by atoms with Crippen LogP contribution in [-0.2, 0) is 24.1 Å². The molecule has 2 aromatic carbocycles. The Hall–Kier alpha value is -2.90. The molecule has 0 saturated heterocycles. The SMILES string of the molecule is NC(=O)Cc1ccc(C[C@H](N)CCc2ccccc2O)cc1-c1csc(N)n1. The molecule has 0 unspecified atom stereocenters. The highest BCUT2D eigenvalue weighted by Crippen LogP contribution is 2.28. The second-order valence-electron chi connectivity index (χ2n) is 6.84. The highest BCUT2D eigenvalue weighted by molar-refractivity contribution is 7.13. The molecule has 0 aliphatic carbocycles. The van der Waals surface area contributed by atoms with Gasteiger partial charge in [-0.2, -0.15) is 0 Å². The first-order valence-corrected chi connectivity index (χ1v) is 9.94. The number of nitrogen functional groups attached to an aromatic ring is 1. The van der Waals surface area contributed by atoms with Crippen LogP contribution in [0.5, 0.6) is 5.75 Å². The Kier molecular flexibility index (Phi) is 6.28. The second-order valence-corrected chi connectivity index (χ2v) is 7.73. The van der Waals surface area contributed by atoms with E-state index >= 15 is 0 Å². The molecule has 1 aromatic heterocycles. The van der Waals surface area contributed by atoms with Crippen molar-refractivity contribution in [1.29, 1.82) is 0 Å². The van der Waals surface area contributed by atoms with Crippen molar-refractivity contribution in [2.24, 2.45) is 11.5 Å². The lowest BCUT2D eigenvalue weighted by molar-refractivity contribution is -0.117. The number of hydrogen-bond acceptors (Lipinski definition) is 6. The Bertz CT molecular complexity index is 971. The number of hydrogen-bond donors (Lipinski definition) is 4. The topological polar surface area (TPSA) is 128 Å². The van der Waals surface area contributed by atoms with E-state index in [0.717, 1.165) is 34.4 Å². The normalized spacial score (nSPS) is 12.0. The minimum Gasteiger partial charge on any atom is -0.508 e. The number of para-hydroxylation sites is 1. The minimum absolute atomic E-state index is 0.0602.